The van der Waals surface area contributed by atoms with Gasteiger partial charge in [-0.05, 0) is 58.1 Å². The summed E-state index contributed by atoms with van der Waals surface area (Å²) in [5.41, 5.74) is 6.52. The van der Waals surface area contributed by atoms with Gasteiger partial charge in [-0.15, -0.1) is 0 Å². The Bertz CT molecular complexity index is 1980. The number of carbonyl (C=O) groups is 2. The van der Waals surface area contributed by atoms with Gasteiger partial charge in [0.2, 0.25) is 5.95 Å². The molecule has 0 aliphatic carbocycles. The molecule has 4 aromatic carbocycles. The lowest BCUT2D eigenvalue weighted by Crippen LogP contribution is -2.50. The maximum Gasteiger partial charge on any atom is 0.261 e. The molecule has 2 fully saturated rings. The van der Waals surface area contributed by atoms with Crippen LogP contribution in [0, 0.1) is 0 Å². The number of anilines is 1. The van der Waals surface area contributed by atoms with Crippen molar-refractivity contribution in [2.75, 3.05) is 37.6 Å². The number of aliphatic hydroxyl groups is 1. The van der Waals surface area contributed by atoms with Gasteiger partial charge in [0.1, 0.15) is 0 Å². The third kappa shape index (κ3) is 7.04. The van der Waals surface area contributed by atoms with Crippen LogP contribution >= 0.6 is 0 Å². The molecule has 5 aromatic rings. The zero-order chi connectivity index (χ0) is 34.7. The molecule has 51 heavy (non-hydrogen) atoms. The largest absolute Gasteiger partial charge is 0.392 e. The Labute approximate surface area is 296 Å². The Kier molecular flexibility index (Phi) is 9.38. The fraction of sp³-hybridized carbons (Fsp3) is 0.268. The van der Waals surface area contributed by atoms with E-state index >= 15 is 0 Å². The number of imide groups is 1. The highest BCUT2D eigenvalue weighted by Crippen LogP contribution is 2.39. The molecule has 1 N–H and O–H groups in total. The van der Waals surface area contributed by atoms with Gasteiger partial charge in [0.25, 0.3) is 11.8 Å². The minimum atomic E-state index is -0.591. The van der Waals surface area contributed by atoms with Crippen LogP contribution in [-0.4, -0.2) is 75.5 Å². The molecule has 2 saturated heterocycles. The number of rotatable bonds is 9. The summed E-state index contributed by atoms with van der Waals surface area (Å²) in [5.74, 6) is 0.230. The molecule has 10 nitrogen and oxygen atoms in total. The van der Waals surface area contributed by atoms with Crippen molar-refractivity contribution in [3.63, 3.8) is 0 Å². The van der Waals surface area contributed by atoms with Crippen molar-refractivity contribution in [1.82, 2.24) is 19.8 Å². The molecule has 0 radical (unpaired) electrons. The first-order valence-electron chi connectivity index (χ1n) is 17.4. The number of fused-ring (bicyclic) bond motifs is 1. The number of hydrogen-bond acceptors (Lipinski definition) is 9. The monoisotopic (exact) mass is 681 g/mol. The van der Waals surface area contributed by atoms with E-state index in [0.717, 1.165) is 72.1 Å². The number of aromatic nitrogens is 2. The molecule has 3 atom stereocenters. The van der Waals surface area contributed by atoms with Crippen LogP contribution in [0.15, 0.2) is 116 Å². The smallest absolute Gasteiger partial charge is 0.261 e. The normalized spacial score (nSPS) is 20.8. The quantitative estimate of drug-likeness (QED) is 0.193. The number of amides is 2. The first-order valence-corrected chi connectivity index (χ1v) is 17.4. The first kappa shape index (κ1) is 32.9. The van der Waals surface area contributed by atoms with E-state index in [0.29, 0.717) is 17.5 Å². The Hall–Kier alpha value is -5.26. The summed E-state index contributed by atoms with van der Waals surface area (Å²) in [7, 11) is 0. The van der Waals surface area contributed by atoms with Crippen molar-refractivity contribution in [2.45, 2.75) is 38.1 Å². The second-order valence-electron chi connectivity index (χ2n) is 13.3. The SMILES string of the molecule is O=C1c2ccccc2C(=O)N1Cc1cccc(-c2cccc(C3OC(CN4CCN(c5ncccn5)CC4)CC(c4ccc(CO)cc4)O3)c2)c1. The fourth-order valence-electron chi connectivity index (χ4n) is 7.19. The fourth-order valence-corrected chi connectivity index (χ4v) is 7.19. The lowest BCUT2D eigenvalue weighted by molar-refractivity contribution is -0.253. The van der Waals surface area contributed by atoms with Gasteiger partial charge in [0.15, 0.2) is 6.29 Å². The van der Waals surface area contributed by atoms with Crippen LogP contribution in [0.25, 0.3) is 11.1 Å². The van der Waals surface area contributed by atoms with Gasteiger partial charge in [-0.2, -0.15) is 0 Å². The number of ether oxygens (including phenoxy) is 2. The number of aliphatic hydroxyl groups excluding tert-OH is 1. The number of carbonyl (C=O) groups excluding carboxylic acids is 2. The highest BCUT2D eigenvalue weighted by Gasteiger charge is 2.36. The predicted octanol–water partition coefficient (Wildman–Crippen LogP) is 5.80. The van der Waals surface area contributed by atoms with Crippen molar-refractivity contribution in [3.05, 3.63) is 149 Å². The zero-order valence-electron chi connectivity index (χ0n) is 28.2. The standard InChI is InChI=1S/C41H39N5O5/c47-27-28-12-14-30(15-13-28)37-24-34(26-44-18-20-45(21-19-44)41-42-16-5-17-43-41)50-40(51-37)33-9-4-8-32(23-33)31-7-3-6-29(22-31)25-46-38(48)35-10-1-2-11-36(35)39(46)49/h1-17,22-23,34,37,40,47H,18-21,24-27H2. The molecule has 2 amide bonds. The van der Waals surface area contributed by atoms with E-state index in [4.69, 9.17) is 9.47 Å². The molecule has 3 aliphatic heterocycles. The summed E-state index contributed by atoms with van der Waals surface area (Å²) in [4.78, 5) is 40.9. The van der Waals surface area contributed by atoms with Crippen molar-refractivity contribution in [3.8, 4) is 11.1 Å². The van der Waals surface area contributed by atoms with Gasteiger partial charge in [-0.3, -0.25) is 19.4 Å². The molecule has 1 aromatic heterocycles. The molecule has 8 rings (SSSR count). The molecule has 0 saturated carbocycles. The van der Waals surface area contributed by atoms with E-state index in [1.807, 2.05) is 72.8 Å². The van der Waals surface area contributed by atoms with E-state index in [-0.39, 0.29) is 37.2 Å². The van der Waals surface area contributed by atoms with Gasteiger partial charge in [-0.25, -0.2) is 9.97 Å². The van der Waals surface area contributed by atoms with Crippen LogP contribution in [0.1, 0.15) is 61.8 Å². The van der Waals surface area contributed by atoms with Gasteiger partial charge < -0.3 is 19.5 Å². The molecule has 4 heterocycles. The number of piperazine rings is 1. The van der Waals surface area contributed by atoms with Crippen LogP contribution in [0.2, 0.25) is 0 Å². The molecule has 258 valence electrons. The maximum atomic E-state index is 13.0. The molecule has 3 aliphatic rings. The van der Waals surface area contributed by atoms with E-state index in [1.54, 1.807) is 36.7 Å². The van der Waals surface area contributed by atoms with E-state index < -0.39 is 6.29 Å². The summed E-state index contributed by atoms with van der Waals surface area (Å²) < 4.78 is 13.4. The second kappa shape index (κ2) is 14.5. The molecule has 10 heteroatoms. The number of hydrogen-bond donors (Lipinski definition) is 1. The summed E-state index contributed by atoms with van der Waals surface area (Å²) in [6.07, 6.45) is 3.41. The third-order valence-corrected chi connectivity index (χ3v) is 9.92. The molecule has 0 spiro atoms. The summed E-state index contributed by atoms with van der Waals surface area (Å²) in [6, 6.07) is 32.9. The Morgan fingerprint density at radius 3 is 2.08 bits per heavy atom. The summed E-state index contributed by atoms with van der Waals surface area (Å²) in [5, 5.41) is 9.61. The van der Waals surface area contributed by atoms with Crippen molar-refractivity contribution < 1.29 is 24.2 Å². The first-order chi connectivity index (χ1) is 25.0. The van der Waals surface area contributed by atoms with E-state index in [1.165, 1.54) is 4.90 Å². The third-order valence-electron chi connectivity index (χ3n) is 9.92. The highest BCUT2D eigenvalue weighted by atomic mass is 16.7. The molecular formula is C41H39N5O5. The highest BCUT2D eigenvalue weighted by molar-refractivity contribution is 6.21. The van der Waals surface area contributed by atoms with Gasteiger partial charge in [0, 0.05) is 57.1 Å². The van der Waals surface area contributed by atoms with Gasteiger partial charge in [0.05, 0.1) is 36.5 Å². The van der Waals surface area contributed by atoms with Gasteiger partial charge >= 0.3 is 0 Å². The Balaban J connectivity index is 1.00. The van der Waals surface area contributed by atoms with Crippen molar-refractivity contribution in [1.29, 1.82) is 0 Å². The molecule has 3 unspecified atom stereocenters. The minimum absolute atomic E-state index is 0.00749. The van der Waals surface area contributed by atoms with Crippen LogP contribution in [-0.2, 0) is 22.6 Å². The lowest BCUT2D eigenvalue weighted by atomic mass is 9.98. The summed E-state index contributed by atoms with van der Waals surface area (Å²) in [6.45, 7) is 4.41. The Morgan fingerprint density at radius 1 is 0.686 bits per heavy atom. The van der Waals surface area contributed by atoms with E-state index in [2.05, 4.69) is 25.8 Å². The topological polar surface area (TPSA) is 108 Å². The van der Waals surface area contributed by atoms with Crippen LogP contribution in [0.5, 0.6) is 0 Å². The average molecular weight is 682 g/mol. The van der Waals surface area contributed by atoms with Crippen LogP contribution in [0.4, 0.5) is 5.95 Å². The zero-order valence-corrected chi connectivity index (χ0v) is 28.2. The van der Waals surface area contributed by atoms with Crippen LogP contribution in [0.3, 0.4) is 0 Å². The van der Waals surface area contributed by atoms with Gasteiger partial charge in [-0.1, -0.05) is 72.8 Å². The average Bonchev–Trinajstić information content (AvgIpc) is 3.43. The molecule has 0 bridgehead atoms. The van der Waals surface area contributed by atoms with E-state index in [9.17, 15) is 14.7 Å². The van der Waals surface area contributed by atoms with Crippen molar-refractivity contribution >= 4 is 17.8 Å². The van der Waals surface area contributed by atoms with Crippen LogP contribution < -0.4 is 4.90 Å². The summed E-state index contributed by atoms with van der Waals surface area (Å²) >= 11 is 0. The second-order valence-corrected chi connectivity index (χ2v) is 13.3. The maximum absolute atomic E-state index is 13.0. The Morgan fingerprint density at radius 2 is 1.37 bits per heavy atom. The minimum Gasteiger partial charge on any atom is -0.392 e. The predicted molar refractivity (Wildman–Crippen MR) is 192 cm³/mol. The lowest BCUT2D eigenvalue weighted by Gasteiger charge is -2.40. The van der Waals surface area contributed by atoms with Crippen molar-refractivity contribution in [2.24, 2.45) is 0 Å². The molecular weight excluding hydrogens is 642 g/mol. The number of benzene rings is 4. The number of nitrogens with zero attached hydrogens (tertiary/aromatic N) is 5.